The molecule has 4 rings (SSSR count). The van der Waals surface area contributed by atoms with Crippen LogP contribution in [0.25, 0.3) is 0 Å². The summed E-state index contributed by atoms with van der Waals surface area (Å²) in [5.74, 6) is 1.52. The Balaban J connectivity index is 0.000000277. The third kappa shape index (κ3) is 10.1. The summed E-state index contributed by atoms with van der Waals surface area (Å²) in [5, 5.41) is 0. The third-order valence-corrected chi connectivity index (χ3v) is 10.5. The fourth-order valence-electron chi connectivity index (χ4n) is 4.87. The van der Waals surface area contributed by atoms with E-state index in [1.807, 2.05) is 46.8 Å². The summed E-state index contributed by atoms with van der Waals surface area (Å²) >= 11 is 5.99. The van der Waals surface area contributed by atoms with Crippen molar-refractivity contribution in [2.75, 3.05) is 28.4 Å². The van der Waals surface area contributed by atoms with E-state index in [1.165, 1.54) is 52.7 Å². The van der Waals surface area contributed by atoms with E-state index in [0.717, 1.165) is 33.4 Å². The molecule has 0 fully saturated rings. The van der Waals surface area contributed by atoms with E-state index in [0.29, 0.717) is 23.5 Å². The molecule has 10 nitrogen and oxygen atoms in total. The lowest BCUT2D eigenvalue weighted by Gasteiger charge is -2.19. The minimum absolute atomic E-state index is 0.0462. The maximum atomic E-state index is 12.8. The van der Waals surface area contributed by atoms with Gasteiger partial charge < -0.3 is 27.3 Å². The lowest BCUT2D eigenvalue weighted by atomic mass is 10.0. The maximum absolute atomic E-state index is 12.8. The van der Waals surface area contributed by atoms with Gasteiger partial charge in [-0.2, -0.15) is 16.8 Å². The Morgan fingerprint density at radius 3 is 1.29 bits per heavy atom. The minimum Gasteiger partial charge on any atom is -0.493 e. The van der Waals surface area contributed by atoms with Crippen molar-refractivity contribution in [3.05, 3.63) is 106 Å². The highest BCUT2D eigenvalue weighted by atomic mass is 35.5. The van der Waals surface area contributed by atoms with Crippen LogP contribution < -0.4 is 27.3 Å². The zero-order chi connectivity index (χ0) is 38.1. The average molecular weight is 761 g/mol. The quantitative estimate of drug-likeness (QED) is 0.0745. The highest BCUT2D eigenvalue weighted by molar-refractivity contribution is 7.87. The van der Waals surface area contributed by atoms with Gasteiger partial charge in [-0.15, -0.1) is 11.6 Å². The van der Waals surface area contributed by atoms with Crippen molar-refractivity contribution in [2.45, 2.75) is 63.6 Å². The first-order chi connectivity index (χ1) is 24.0. The van der Waals surface area contributed by atoms with Crippen LogP contribution in [-0.4, -0.2) is 45.3 Å². The molecule has 4 aromatic carbocycles. The van der Waals surface area contributed by atoms with Crippen LogP contribution in [0.3, 0.4) is 0 Å². The molecule has 0 spiro atoms. The molecule has 4 aromatic rings. The van der Waals surface area contributed by atoms with Gasteiger partial charge in [0.1, 0.15) is 9.79 Å². The molecular formula is C38H45ClO10S2. The molecule has 0 aliphatic carbocycles. The second-order valence-electron chi connectivity index (χ2n) is 11.8. The number of aryl methyl sites for hydroxylation is 4. The predicted molar refractivity (Wildman–Crippen MR) is 199 cm³/mol. The van der Waals surface area contributed by atoms with Gasteiger partial charge in [-0.1, -0.05) is 47.0 Å². The lowest BCUT2D eigenvalue weighted by Crippen LogP contribution is -2.13. The highest BCUT2D eigenvalue weighted by Crippen LogP contribution is 2.45. The van der Waals surface area contributed by atoms with Crippen LogP contribution in [0.1, 0.15) is 47.2 Å². The van der Waals surface area contributed by atoms with Gasteiger partial charge in [0.05, 0.1) is 34.3 Å². The fourth-order valence-corrected chi connectivity index (χ4v) is 7.13. The minimum atomic E-state index is -4.03. The van der Waals surface area contributed by atoms with Gasteiger partial charge in [-0.3, -0.25) is 0 Å². The van der Waals surface area contributed by atoms with Gasteiger partial charge in [0.25, 0.3) is 0 Å². The Hall–Kier alpha value is -4.39. The van der Waals surface area contributed by atoms with Gasteiger partial charge in [0, 0.05) is 11.1 Å². The van der Waals surface area contributed by atoms with Crippen molar-refractivity contribution < 1.29 is 44.1 Å². The number of rotatable bonds is 13. The normalized spacial score (nSPS) is 11.1. The van der Waals surface area contributed by atoms with Crippen LogP contribution in [0.15, 0.2) is 82.1 Å². The van der Waals surface area contributed by atoms with Crippen LogP contribution in [0.2, 0.25) is 0 Å². The molecule has 0 saturated carbocycles. The first-order valence-corrected chi connectivity index (χ1v) is 19.1. The molecular weight excluding hydrogens is 716 g/mol. The van der Waals surface area contributed by atoms with Crippen molar-refractivity contribution in [1.82, 2.24) is 0 Å². The summed E-state index contributed by atoms with van der Waals surface area (Å²) in [6, 6.07) is 16.4. The van der Waals surface area contributed by atoms with E-state index >= 15 is 0 Å². The zero-order valence-electron chi connectivity index (χ0n) is 30.5. The standard InChI is InChI=1S/C21H26O5S.C17H19ClO5S/c1-14(2)7-12-18-16(4)13-19(24-5)21(25-6)20(18)26-27(22,23)17-10-8-15(3)9-11-17;1-11-5-7-13(8-6-11)24(19,20)23-16-14(10-18)12(2)9-15(21-3)17(16)22-4/h7-11,13H,12H2,1-6H3;5-9H,10H2,1-4H3. The summed E-state index contributed by atoms with van der Waals surface area (Å²) < 4.78 is 83.2. The number of allylic oxidation sites excluding steroid dienone is 2. The Morgan fingerprint density at radius 2 is 0.961 bits per heavy atom. The molecule has 51 heavy (non-hydrogen) atoms. The average Bonchev–Trinajstić information content (AvgIpc) is 3.08. The van der Waals surface area contributed by atoms with Crippen LogP contribution in [0.5, 0.6) is 34.5 Å². The number of halogens is 1. The number of ether oxygens (including phenoxy) is 4. The summed E-state index contributed by atoms with van der Waals surface area (Å²) in [7, 11) is -2.20. The second kappa shape index (κ2) is 17.7. The molecule has 0 saturated heterocycles. The van der Waals surface area contributed by atoms with Crippen LogP contribution in [-0.2, 0) is 32.5 Å². The molecule has 0 radical (unpaired) electrons. The molecule has 0 amide bonds. The van der Waals surface area contributed by atoms with Gasteiger partial charge >= 0.3 is 20.2 Å². The van der Waals surface area contributed by atoms with E-state index in [1.54, 1.807) is 37.3 Å². The first kappa shape index (κ1) is 41.0. The molecule has 0 unspecified atom stereocenters. The van der Waals surface area contributed by atoms with Gasteiger partial charge in [-0.05, 0) is 95.5 Å². The largest absolute Gasteiger partial charge is 0.493 e. The number of benzene rings is 4. The van der Waals surface area contributed by atoms with Gasteiger partial charge in [-0.25, -0.2) is 0 Å². The number of hydrogen-bond acceptors (Lipinski definition) is 10. The van der Waals surface area contributed by atoms with Crippen molar-refractivity contribution in [3.63, 3.8) is 0 Å². The van der Waals surface area contributed by atoms with Crippen LogP contribution in [0, 0.1) is 27.7 Å². The maximum Gasteiger partial charge on any atom is 0.339 e. The lowest BCUT2D eigenvalue weighted by molar-refractivity contribution is 0.341. The zero-order valence-corrected chi connectivity index (χ0v) is 32.9. The molecule has 0 N–H and O–H groups in total. The summed E-state index contributed by atoms with van der Waals surface area (Å²) in [6.45, 7) is 11.4. The van der Waals surface area contributed by atoms with Crippen molar-refractivity contribution in [3.8, 4) is 34.5 Å². The van der Waals surface area contributed by atoms with E-state index < -0.39 is 20.2 Å². The van der Waals surface area contributed by atoms with E-state index in [9.17, 15) is 16.8 Å². The highest BCUT2D eigenvalue weighted by Gasteiger charge is 2.27. The topological polar surface area (TPSA) is 124 Å². The summed E-state index contributed by atoms with van der Waals surface area (Å²) in [6.07, 6.45) is 2.53. The third-order valence-electron chi connectivity index (χ3n) is 7.76. The van der Waals surface area contributed by atoms with Crippen LogP contribution >= 0.6 is 11.6 Å². The monoisotopic (exact) mass is 760 g/mol. The SMILES string of the molecule is COc1cc(C)c(CC=C(C)C)c(OS(=O)(=O)c2ccc(C)cc2)c1OC.COc1cc(C)c(CCl)c(OS(=O)(=O)c2ccc(C)cc2)c1OC. The van der Waals surface area contributed by atoms with Gasteiger partial charge in [0.15, 0.2) is 23.0 Å². The molecule has 0 atom stereocenters. The van der Waals surface area contributed by atoms with Crippen molar-refractivity contribution in [2.24, 2.45) is 0 Å². The van der Waals surface area contributed by atoms with E-state index in [-0.39, 0.29) is 38.7 Å². The van der Waals surface area contributed by atoms with E-state index in [2.05, 4.69) is 0 Å². The Bertz CT molecular complexity index is 2070. The molecule has 0 aliphatic heterocycles. The number of alkyl halides is 1. The number of hydrogen-bond donors (Lipinski definition) is 0. The Kier molecular flexibility index (Phi) is 14.2. The molecule has 0 heterocycles. The van der Waals surface area contributed by atoms with Crippen molar-refractivity contribution >= 4 is 31.8 Å². The molecule has 276 valence electrons. The Labute approximate surface area is 307 Å². The summed E-state index contributed by atoms with van der Waals surface area (Å²) in [5.41, 5.74) is 5.92. The van der Waals surface area contributed by atoms with Crippen LogP contribution in [0.4, 0.5) is 0 Å². The molecule has 0 aliphatic rings. The number of methoxy groups -OCH3 is 4. The van der Waals surface area contributed by atoms with Gasteiger partial charge in [0.2, 0.25) is 11.5 Å². The smallest absolute Gasteiger partial charge is 0.339 e. The van der Waals surface area contributed by atoms with E-state index in [4.69, 9.17) is 38.9 Å². The Morgan fingerprint density at radius 1 is 0.588 bits per heavy atom. The summed E-state index contributed by atoms with van der Waals surface area (Å²) in [4.78, 5) is 0.139. The molecule has 0 bridgehead atoms. The molecule has 13 heteroatoms. The second-order valence-corrected chi connectivity index (χ2v) is 15.2. The first-order valence-electron chi connectivity index (χ1n) is 15.7. The predicted octanol–water partition coefficient (Wildman–Crippen LogP) is 8.42. The fraction of sp³-hybridized carbons (Fsp3) is 0.316. The molecule has 0 aromatic heterocycles. The van der Waals surface area contributed by atoms with Crippen molar-refractivity contribution in [1.29, 1.82) is 0 Å².